The molecule has 178 valence electrons. The fourth-order valence-corrected chi connectivity index (χ4v) is 4.71. The minimum Gasteiger partial charge on any atom is -0.459 e. The van der Waals surface area contributed by atoms with Gasteiger partial charge in [-0.2, -0.15) is 0 Å². The standard InChI is InChI=1S/C29H33NO4/c1-3-21-13-15-24(16-14-21)25-17-27(29(32)30(2)26-7-5-4-6-8-26)34-28(18-25)33-20-23-11-9-22(19-31)10-12-23/h1,9-17,25-26,28,31H,4-8,18-20H2,2H3/t25-,28+/m1/s1. The Morgan fingerprint density at radius 3 is 2.41 bits per heavy atom. The van der Waals surface area contributed by atoms with Crippen LogP contribution in [0.1, 0.15) is 66.7 Å². The second-order valence-electron chi connectivity index (χ2n) is 9.18. The molecule has 34 heavy (non-hydrogen) atoms. The smallest absolute Gasteiger partial charge is 0.288 e. The van der Waals surface area contributed by atoms with Crippen molar-refractivity contribution in [1.29, 1.82) is 0 Å². The van der Waals surface area contributed by atoms with Gasteiger partial charge >= 0.3 is 0 Å². The summed E-state index contributed by atoms with van der Waals surface area (Å²) in [4.78, 5) is 15.2. The van der Waals surface area contributed by atoms with Crippen molar-refractivity contribution in [3.05, 3.63) is 82.6 Å². The Bertz CT molecular complexity index is 1030. The summed E-state index contributed by atoms with van der Waals surface area (Å²) < 4.78 is 12.2. The van der Waals surface area contributed by atoms with Crippen LogP contribution >= 0.6 is 0 Å². The highest BCUT2D eigenvalue weighted by atomic mass is 16.7. The molecule has 1 saturated carbocycles. The number of allylic oxidation sites excluding steroid dienone is 1. The number of carbonyl (C=O) groups excluding carboxylic acids is 1. The van der Waals surface area contributed by atoms with Gasteiger partial charge in [-0.1, -0.05) is 61.6 Å². The molecule has 1 amide bonds. The first-order valence-corrected chi connectivity index (χ1v) is 12.1. The first-order valence-electron chi connectivity index (χ1n) is 12.1. The van der Waals surface area contributed by atoms with Crippen molar-refractivity contribution in [2.45, 2.75) is 70.0 Å². The lowest BCUT2D eigenvalue weighted by Crippen LogP contribution is -2.41. The molecule has 2 aromatic carbocycles. The largest absolute Gasteiger partial charge is 0.459 e. The van der Waals surface area contributed by atoms with Gasteiger partial charge in [0.1, 0.15) is 0 Å². The van der Waals surface area contributed by atoms with Crippen molar-refractivity contribution in [2.75, 3.05) is 7.05 Å². The van der Waals surface area contributed by atoms with Crippen LogP contribution in [0.3, 0.4) is 0 Å². The third kappa shape index (κ3) is 5.88. The van der Waals surface area contributed by atoms with E-state index in [2.05, 4.69) is 5.92 Å². The highest BCUT2D eigenvalue weighted by Gasteiger charge is 2.32. The molecule has 0 spiro atoms. The molecule has 1 N–H and O–H groups in total. The fraction of sp³-hybridized carbons (Fsp3) is 0.414. The molecule has 0 saturated heterocycles. The maximum atomic E-state index is 13.4. The van der Waals surface area contributed by atoms with Crippen LogP contribution in [0.15, 0.2) is 60.4 Å². The van der Waals surface area contributed by atoms with E-state index in [1.807, 2.05) is 66.6 Å². The molecule has 4 rings (SSSR count). The van der Waals surface area contributed by atoms with E-state index in [9.17, 15) is 9.90 Å². The zero-order valence-electron chi connectivity index (χ0n) is 19.8. The van der Waals surface area contributed by atoms with Gasteiger partial charge in [-0.05, 0) is 47.7 Å². The molecule has 5 heteroatoms. The molecule has 0 radical (unpaired) electrons. The molecule has 5 nitrogen and oxygen atoms in total. The van der Waals surface area contributed by atoms with E-state index in [4.69, 9.17) is 15.9 Å². The van der Waals surface area contributed by atoms with Gasteiger partial charge in [0.15, 0.2) is 5.76 Å². The monoisotopic (exact) mass is 459 g/mol. The van der Waals surface area contributed by atoms with Crippen LogP contribution in [0.5, 0.6) is 0 Å². The molecule has 1 fully saturated rings. The van der Waals surface area contributed by atoms with Crippen molar-refractivity contribution in [3.63, 3.8) is 0 Å². The molecular weight excluding hydrogens is 426 g/mol. The summed E-state index contributed by atoms with van der Waals surface area (Å²) in [5.74, 6) is 2.90. The highest BCUT2D eigenvalue weighted by Crippen LogP contribution is 2.33. The Hall–Kier alpha value is -3.07. The number of amides is 1. The maximum Gasteiger partial charge on any atom is 0.288 e. The van der Waals surface area contributed by atoms with Crippen molar-refractivity contribution in [1.82, 2.24) is 4.90 Å². The van der Waals surface area contributed by atoms with Gasteiger partial charge in [0, 0.05) is 31.0 Å². The lowest BCUT2D eigenvalue weighted by atomic mass is 9.91. The van der Waals surface area contributed by atoms with Crippen molar-refractivity contribution < 1.29 is 19.4 Å². The molecule has 0 unspecified atom stereocenters. The predicted molar refractivity (Wildman–Crippen MR) is 131 cm³/mol. The fourth-order valence-electron chi connectivity index (χ4n) is 4.71. The summed E-state index contributed by atoms with van der Waals surface area (Å²) in [6.45, 7) is 0.372. The van der Waals surface area contributed by atoms with Crippen LogP contribution in [0.25, 0.3) is 0 Å². The quantitative estimate of drug-likeness (QED) is 0.600. The van der Waals surface area contributed by atoms with Crippen molar-refractivity contribution in [2.24, 2.45) is 0 Å². The number of aliphatic hydroxyl groups is 1. The molecule has 1 heterocycles. The normalized spacial score (nSPS) is 20.7. The number of likely N-dealkylation sites (N-methyl/N-ethyl adjacent to an activating group) is 1. The van der Waals surface area contributed by atoms with Crippen LogP contribution in [-0.2, 0) is 27.5 Å². The molecule has 0 aromatic heterocycles. The number of hydrogen-bond donors (Lipinski definition) is 1. The second-order valence-corrected chi connectivity index (χ2v) is 9.18. The number of hydrogen-bond acceptors (Lipinski definition) is 4. The maximum absolute atomic E-state index is 13.4. The number of nitrogens with zero attached hydrogens (tertiary/aromatic N) is 1. The molecule has 2 aliphatic rings. The highest BCUT2D eigenvalue weighted by molar-refractivity contribution is 5.91. The molecule has 2 aromatic rings. The van der Waals surface area contributed by atoms with E-state index >= 15 is 0 Å². The van der Waals surface area contributed by atoms with Gasteiger partial charge in [0.25, 0.3) is 5.91 Å². The van der Waals surface area contributed by atoms with Crippen LogP contribution in [-0.4, -0.2) is 35.3 Å². The predicted octanol–water partition coefficient (Wildman–Crippen LogP) is 4.88. The van der Waals surface area contributed by atoms with E-state index in [-0.39, 0.29) is 24.5 Å². The average Bonchev–Trinajstić information content (AvgIpc) is 2.91. The van der Waals surface area contributed by atoms with Gasteiger partial charge in [-0.3, -0.25) is 4.79 Å². The Morgan fingerprint density at radius 2 is 1.76 bits per heavy atom. The topological polar surface area (TPSA) is 59.0 Å². The van der Waals surface area contributed by atoms with E-state index in [0.29, 0.717) is 18.8 Å². The molecular formula is C29H33NO4. The van der Waals surface area contributed by atoms with Crippen LogP contribution in [0, 0.1) is 12.3 Å². The van der Waals surface area contributed by atoms with E-state index in [1.165, 1.54) is 6.42 Å². The lowest BCUT2D eigenvalue weighted by molar-refractivity contribution is -0.156. The Labute approximate surface area is 202 Å². The first-order chi connectivity index (χ1) is 16.6. The Morgan fingerprint density at radius 1 is 1.09 bits per heavy atom. The van der Waals surface area contributed by atoms with Gasteiger partial charge in [0.05, 0.1) is 13.2 Å². The van der Waals surface area contributed by atoms with Gasteiger partial charge < -0.3 is 19.5 Å². The number of terminal acetylenes is 1. The molecule has 0 bridgehead atoms. The Kier molecular flexibility index (Phi) is 8.05. The number of ether oxygens (including phenoxy) is 2. The number of benzene rings is 2. The minimum atomic E-state index is -0.543. The SMILES string of the molecule is C#Cc1ccc([C@@H]2C=C(C(=O)N(C)C3CCCCC3)O[C@H](OCc3ccc(CO)cc3)C2)cc1. The summed E-state index contributed by atoms with van der Waals surface area (Å²) in [6, 6.07) is 15.8. The van der Waals surface area contributed by atoms with Crippen LogP contribution in [0.2, 0.25) is 0 Å². The lowest BCUT2D eigenvalue weighted by Gasteiger charge is -2.34. The molecule has 2 atom stereocenters. The summed E-state index contributed by atoms with van der Waals surface area (Å²) in [6.07, 6.45) is 13.1. The molecule has 1 aliphatic carbocycles. The van der Waals surface area contributed by atoms with Crippen molar-refractivity contribution in [3.8, 4) is 12.3 Å². The van der Waals surface area contributed by atoms with Crippen LogP contribution < -0.4 is 0 Å². The van der Waals surface area contributed by atoms with Gasteiger partial charge in [-0.15, -0.1) is 6.42 Å². The average molecular weight is 460 g/mol. The third-order valence-electron chi connectivity index (χ3n) is 6.86. The van der Waals surface area contributed by atoms with E-state index in [0.717, 1.165) is 47.9 Å². The zero-order valence-corrected chi connectivity index (χ0v) is 19.8. The number of carbonyl (C=O) groups is 1. The number of aliphatic hydroxyl groups excluding tert-OH is 1. The summed E-state index contributed by atoms with van der Waals surface area (Å²) in [5, 5.41) is 9.25. The summed E-state index contributed by atoms with van der Waals surface area (Å²) in [7, 11) is 1.88. The third-order valence-corrected chi connectivity index (χ3v) is 6.86. The Balaban J connectivity index is 1.51. The second kappa shape index (κ2) is 11.4. The molecule has 1 aliphatic heterocycles. The summed E-state index contributed by atoms with van der Waals surface area (Å²) in [5.41, 5.74) is 3.74. The number of rotatable bonds is 7. The minimum absolute atomic E-state index is 0.0117. The van der Waals surface area contributed by atoms with Gasteiger partial charge in [0.2, 0.25) is 6.29 Å². The van der Waals surface area contributed by atoms with Gasteiger partial charge in [-0.25, -0.2) is 0 Å². The van der Waals surface area contributed by atoms with E-state index in [1.54, 1.807) is 0 Å². The first kappa shape index (κ1) is 24.1. The van der Waals surface area contributed by atoms with E-state index < -0.39 is 6.29 Å². The zero-order chi connectivity index (χ0) is 23.9. The summed E-state index contributed by atoms with van der Waals surface area (Å²) >= 11 is 0. The van der Waals surface area contributed by atoms with Crippen molar-refractivity contribution >= 4 is 5.91 Å². The van der Waals surface area contributed by atoms with Crippen LogP contribution in [0.4, 0.5) is 0 Å².